The molecule has 2 unspecified atom stereocenters. The van der Waals surface area contributed by atoms with Gasteiger partial charge in [0.05, 0.1) is 16.7 Å². The Kier molecular flexibility index (Phi) is 4.82. The second-order valence-corrected chi connectivity index (χ2v) is 6.75. The minimum Gasteiger partial charge on any atom is -0.481 e. The van der Waals surface area contributed by atoms with Gasteiger partial charge >= 0.3 is 5.97 Å². The highest BCUT2D eigenvalue weighted by atomic mass is 32.2. The lowest BCUT2D eigenvalue weighted by molar-refractivity contribution is -0.147. The molecule has 0 spiro atoms. The van der Waals surface area contributed by atoms with Crippen molar-refractivity contribution in [3.8, 4) is 0 Å². The molecule has 1 aromatic carbocycles. The molecular formula is C14H17NO6S. The van der Waals surface area contributed by atoms with E-state index < -0.39 is 33.8 Å². The number of carboxylic acids is 1. The van der Waals surface area contributed by atoms with Crippen LogP contribution in [0.25, 0.3) is 0 Å². The average molecular weight is 327 g/mol. The molecule has 3 N–H and O–H groups in total. The van der Waals surface area contributed by atoms with Gasteiger partial charge in [0.2, 0.25) is 5.91 Å². The molecule has 7 nitrogen and oxygen atoms in total. The third kappa shape index (κ3) is 3.83. The van der Waals surface area contributed by atoms with Crippen LogP contribution in [0.1, 0.15) is 25.7 Å². The molecule has 1 aliphatic carbocycles. The molecule has 0 aromatic heterocycles. The van der Waals surface area contributed by atoms with Crippen LogP contribution in [0.4, 0.5) is 5.69 Å². The maximum atomic E-state index is 12.3. The Hall–Kier alpha value is -1.93. The summed E-state index contributed by atoms with van der Waals surface area (Å²) in [5, 5.41) is 11.7. The van der Waals surface area contributed by atoms with Crippen molar-refractivity contribution < 1.29 is 27.7 Å². The molecule has 2 rings (SSSR count). The fraction of sp³-hybridized carbons (Fsp3) is 0.429. The van der Waals surface area contributed by atoms with Crippen molar-refractivity contribution in [2.75, 3.05) is 5.32 Å². The normalized spacial score (nSPS) is 22.0. The van der Waals surface area contributed by atoms with Crippen molar-refractivity contribution in [2.24, 2.45) is 11.8 Å². The second-order valence-electron chi connectivity index (χ2n) is 5.33. The van der Waals surface area contributed by atoms with Crippen molar-refractivity contribution in [2.45, 2.75) is 30.6 Å². The van der Waals surface area contributed by atoms with Gasteiger partial charge in [-0.15, -0.1) is 0 Å². The van der Waals surface area contributed by atoms with Gasteiger partial charge in [-0.25, -0.2) is 0 Å². The quantitative estimate of drug-likeness (QED) is 0.725. The summed E-state index contributed by atoms with van der Waals surface area (Å²) in [5.41, 5.74) is 0.204. The first kappa shape index (κ1) is 16.4. The van der Waals surface area contributed by atoms with Crippen molar-refractivity contribution in [1.82, 2.24) is 0 Å². The van der Waals surface area contributed by atoms with Crippen LogP contribution in [0.3, 0.4) is 0 Å². The van der Waals surface area contributed by atoms with E-state index in [0.29, 0.717) is 12.8 Å². The summed E-state index contributed by atoms with van der Waals surface area (Å²) in [4.78, 5) is 23.1. The number of hydrogen-bond acceptors (Lipinski definition) is 4. The number of carboxylic acid groups (broad SMARTS) is 1. The second kappa shape index (κ2) is 6.45. The number of aliphatic carboxylic acids is 1. The number of carbonyl (C=O) groups is 2. The highest BCUT2D eigenvalue weighted by Gasteiger charge is 2.35. The van der Waals surface area contributed by atoms with Crippen LogP contribution in [-0.4, -0.2) is 30.0 Å². The van der Waals surface area contributed by atoms with Crippen molar-refractivity contribution in [1.29, 1.82) is 0 Å². The third-order valence-electron chi connectivity index (χ3n) is 3.82. The van der Waals surface area contributed by atoms with E-state index in [4.69, 9.17) is 4.55 Å². The smallest absolute Gasteiger partial charge is 0.307 e. The summed E-state index contributed by atoms with van der Waals surface area (Å²) in [5.74, 6) is -2.80. The first-order valence-electron chi connectivity index (χ1n) is 6.90. The molecule has 8 heteroatoms. The zero-order valence-electron chi connectivity index (χ0n) is 11.7. The molecule has 2 atom stereocenters. The van der Waals surface area contributed by atoms with Gasteiger partial charge in [-0.2, -0.15) is 8.42 Å². The Morgan fingerprint density at radius 3 is 2.36 bits per heavy atom. The molecule has 0 bridgehead atoms. The molecule has 1 aliphatic rings. The first-order valence-corrected chi connectivity index (χ1v) is 8.34. The molecule has 0 saturated heterocycles. The molecule has 0 radical (unpaired) electrons. The van der Waals surface area contributed by atoms with Crippen LogP contribution in [0.2, 0.25) is 0 Å². The molecule has 120 valence electrons. The summed E-state index contributed by atoms with van der Waals surface area (Å²) in [6.45, 7) is 0. The monoisotopic (exact) mass is 327 g/mol. The molecule has 0 heterocycles. The molecule has 1 saturated carbocycles. The minimum atomic E-state index is -4.36. The predicted molar refractivity (Wildman–Crippen MR) is 78.0 cm³/mol. The van der Waals surface area contributed by atoms with Crippen LogP contribution in [0, 0.1) is 11.8 Å². The van der Waals surface area contributed by atoms with Gasteiger partial charge in [0.25, 0.3) is 10.1 Å². The fourth-order valence-corrected chi connectivity index (χ4v) is 3.24. The van der Waals surface area contributed by atoms with Crippen LogP contribution < -0.4 is 5.32 Å². The minimum absolute atomic E-state index is 0.204. The number of hydrogen-bond donors (Lipinski definition) is 3. The third-order valence-corrected chi connectivity index (χ3v) is 4.67. The van der Waals surface area contributed by atoms with E-state index in [2.05, 4.69) is 5.32 Å². The number of nitrogens with one attached hydrogen (secondary N) is 1. The molecule has 1 amide bonds. The summed E-state index contributed by atoms with van der Waals surface area (Å²) in [6.07, 6.45) is 2.51. The van der Waals surface area contributed by atoms with Crippen molar-refractivity contribution in [3.63, 3.8) is 0 Å². The Morgan fingerprint density at radius 1 is 1.14 bits per heavy atom. The zero-order valence-corrected chi connectivity index (χ0v) is 12.5. The molecule has 1 aromatic rings. The van der Waals surface area contributed by atoms with E-state index >= 15 is 0 Å². The topological polar surface area (TPSA) is 121 Å². The number of benzene rings is 1. The van der Waals surface area contributed by atoms with Crippen LogP contribution >= 0.6 is 0 Å². The lowest BCUT2D eigenvalue weighted by Crippen LogP contribution is -2.36. The number of carbonyl (C=O) groups excluding carboxylic acids is 1. The Balaban J connectivity index is 2.16. The van der Waals surface area contributed by atoms with E-state index in [1.807, 2.05) is 0 Å². The van der Waals surface area contributed by atoms with E-state index in [0.717, 1.165) is 18.9 Å². The van der Waals surface area contributed by atoms with Gasteiger partial charge in [-0.05, 0) is 31.0 Å². The van der Waals surface area contributed by atoms with Crippen LogP contribution in [0.5, 0.6) is 0 Å². The summed E-state index contributed by atoms with van der Waals surface area (Å²) < 4.78 is 31.2. The zero-order chi connectivity index (χ0) is 16.3. The standard InChI is InChI=1S/C14H17NO6S/c16-13(11-6-1-2-7-12(11)14(17)18)15-9-4-3-5-10(8-9)22(19,20)21/h3-5,8,11-12H,1-2,6-7H2,(H,15,16)(H,17,18)(H,19,20,21). The van der Waals surface area contributed by atoms with E-state index in [9.17, 15) is 23.1 Å². The summed E-state index contributed by atoms with van der Waals surface area (Å²) in [6, 6.07) is 5.19. The van der Waals surface area contributed by atoms with Crippen LogP contribution in [-0.2, 0) is 19.7 Å². The van der Waals surface area contributed by atoms with Crippen LogP contribution in [0.15, 0.2) is 29.2 Å². The summed E-state index contributed by atoms with van der Waals surface area (Å²) in [7, 11) is -4.36. The molecule has 22 heavy (non-hydrogen) atoms. The van der Waals surface area contributed by atoms with E-state index in [1.165, 1.54) is 18.2 Å². The lowest BCUT2D eigenvalue weighted by Gasteiger charge is -2.27. The summed E-state index contributed by atoms with van der Waals surface area (Å²) >= 11 is 0. The van der Waals surface area contributed by atoms with Gasteiger partial charge in [-0.3, -0.25) is 14.1 Å². The molecule has 1 fully saturated rings. The maximum absolute atomic E-state index is 12.3. The average Bonchev–Trinajstić information content (AvgIpc) is 2.46. The Labute approximate surface area is 128 Å². The highest BCUT2D eigenvalue weighted by Crippen LogP contribution is 2.31. The van der Waals surface area contributed by atoms with Gasteiger partial charge < -0.3 is 10.4 Å². The maximum Gasteiger partial charge on any atom is 0.307 e. The molecule has 0 aliphatic heterocycles. The predicted octanol–water partition coefficient (Wildman–Crippen LogP) is 1.76. The van der Waals surface area contributed by atoms with Crippen molar-refractivity contribution >= 4 is 27.7 Å². The fourth-order valence-electron chi connectivity index (χ4n) is 2.71. The SMILES string of the molecule is O=C(O)C1CCCCC1C(=O)Nc1cccc(S(=O)(=O)O)c1. The Bertz CT molecular complexity index is 684. The van der Waals surface area contributed by atoms with Gasteiger partial charge in [0.1, 0.15) is 0 Å². The highest BCUT2D eigenvalue weighted by molar-refractivity contribution is 7.85. The first-order chi connectivity index (χ1) is 10.3. The van der Waals surface area contributed by atoms with Crippen molar-refractivity contribution in [3.05, 3.63) is 24.3 Å². The number of amides is 1. The largest absolute Gasteiger partial charge is 0.481 e. The van der Waals surface area contributed by atoms with E-state index in [1.54, 1.807) is 0 Å². The lowest BCUT2D eigenvalue weighted by atomic mass is 9.78. The van der Waals surface area contributed by atoms with Gasteiger partial charge in [0, 0.05) is 5.69 Å². The number of rotatable bonds is 4. The number of anilines is 1. The molecular weight excluding hydrogens is 310 g/mol. The van der Waals surface area contributed by atoms with Gasteiger partial charge in [0.15, 0.2) is 0 Å². The Morgan fingerprint density at radius 2 is 1.77 bits per heavy atom. The van der Waals surface area contributed by atoms with E-state index in [-0.39, 0.29) is 10.6 Å². The van der Waals surface area contributed by atoms with Gasteiger partial charge in [-0.1, -0.05) is 18.9 Å².